The van der Waals surface area contributed by atoms with Crippen LogP contribution in [0.15, 0.2) is 30.5 Å². The molecule has 0 fully saturated rings. The molecular weight excluding hydrogens is 267 g/mol. The average molecular weight is 281 g/mol. The highest BCUT2D eigenvalue weighted by molar-refractivity contribution is 6.31. The Hall–Kier alpha value is -1.65. The molecule has 2 rings (SSSR count). The van der Waals surface area contributed by atoms with E-state index in [4.69, 9.17) is 17.3 Å². The van der Waals surface area contributed by atoms with Crippen molar-refractivity contribution < 1.29 is 9.50 Å². The molecule has 1 unspecified atom stereocenters. The van der Waals surface area contributed by atoms with E-state index in [-0.39, 0.29) is 17.8 Å². The third-order valence-electron chi connectivity index (χ3n) is 2.90. The molecule has 0 aliphatic heterocycles. The van der Waals surface area contributed by atoms with E-state index in [1.807, 2.05) is 6.92 Å². The molecule has 1 aromatic carbocycles. The van der Waals surface area contributed by atoms with Crippen molar-refractivity contribution in [2.75, 3.05) is 5.73 Å². The van der Waals surface area contributed by atoms with Crippen molar-refractivity contribution in [2.24, 2.45) is 0 Å². The number of hydrogen-bond acceptors (Lipinski definition) is 3. The lowest BCUT2D eigenvalue weighted by atomic mass is 10.0. The van der Waals surface area contributed by atoms with Crippen molar-refractivity contribution >= 4 is 17.4 Å². The van der Waals surface area contributed by atoms with Crippen molar-refractivity contribution in [3.05, 3.63) is 58.0 Å². The van der Waals surface area contributed by atoms with E-state index in [2.05, 4.69) is 4.98 Å². The standard InChI is InChI=1S/C14H14ClFN2O/c1-8-5-10(14(17)18-7-8)13(19)6-9-11(15)3-2-4-12(9)16/h2-5,7,13,19H,6H2,1H3,(H2,17,18). The molecule has 2 aromatic rings. The fourth-order valence-electron chi connectivity index (χ4n) is 1.90. The number of halogens is 2. The summed E-state index contributed by atoms with van der Waals surface area (Å²) >= 11 is 5.93. The van der Waals surface area contributed by atoms with Crippen molar-refractivity contribution in [1.82, 2.24) is 4.98 Å². The Kier molecular flexibility index (Phi) is 4.02. The van der Waals surface area contributed by atoms with Gasteiger partial charge in [-0.15, -0.1) is 0 Å². The molecule has 3 nitrogen and oxygen atoms in total. The molecule has 0 spiro atoms. The summed E-state index contributed by atoms with van der Waals surface area (Å²) in [5, 5.41) is 10.5. The van der Waals surface area contributed by atoms with E-state index < -0.39 is 11.9 Å². The van der Waals surface area contributed by atoms with E-state index in [0.29, 0.717) is 10.6 Å². The van der Waals surface area contributed by atoms with E-state index >= 15 is 0 Å². The van der Waals surface area contributed by atoms with Gasteiger partial charge in [0.05, 0.1) is 6.10 Å². The van der Waals surface area contributed by atoms with Crippen molar-refractivity contribution in [1.29, 1.82) is 0 Å². The van der Waals surface area contributed by atoms with Crippen LogP contribution in [0, 0.1) is 12.7 Å². The summed E-state index contributed by atoms with van der Waals surface area (Å²) in [4.78, 5) is 3.98. The number of aromatic nitrogens is 1. The molecule has 0 amide bonds. The first-order chi connectivity index (χ1) is 8.99. The first-order valence-corrected chi connectivity index (χ1v) is 6.20. The molecule has 19 heavy (non-hydrogen) atoms. The zero-order valence-electron chi connectivity index (χ0n) is 10.4. The Morgan fingerprint density at radius 3 is 2.89 bits per heavy atom. The first kappa shape index (κ1) is 13.8. The fourth-order valence-corrected chi connectivity index (χ4v) is 2.14. The third-order valence-corrected chi connectivity index (χ3v) is 3.26. The van der Waals surface area contributed by atoms with Crippen LogP contribution in [-0.4, -0.2) is 10.1 Å². The van der Waals surface area contributed by atoms with Gasteiger partial charge in [0.15, 0.2) is 0 Å². The topological polar surface area (TPSA) is 59.1 Å². The molecule has 3 N–H and O–H groups in total. The van der Waals surface area contributed by atoms with Crippen molar-refractivity contribution in [3.63, 3.8) is 0 Å². The second-order valence-electron chi connectivity index (χ2n) is 4.41. The van der Waals surface area contributed by atoms with Gasteiger partial charge < -0.3 is 10.8 Å². The molecule has 0 radical (unpaired) electrons. The zero-order chi connectivity index (χ0) is 14.0. The number of benzene rings is 1. The molecular formula is C14H14ClFN2O. The number of aliphatic hydroxyl groups is 1. The van der Waals surface area contributed by atoms with Gasteiger partial charge in [0, 0.05) is 28.8 Å². The lowest BCUT2D eigenvalue weighted by Gasteiger charge is -2.15. The maximum atomic E-state index is 13.7. The Morgan fingerprint density at radius 1 is 1.47 bits per heavy atom. The quantitative estimate of drug-likeness (QED) is 0.908. The maximum Gasteiger partial charge on any atom is 0.129 e. The van der Waals surface area contributed by atoms with Crippen LogP contribution in [0.5, 0.6) is 0 Å². The Bertz CT molecular complexity index is 584. The number of anilines is 1. The smallest absolute Gasteiger partial charge is 0.129 e. The van der Waals surface area contributed by atoms with Gasteiger partial charge in [0.2, 0.25) is 0 Å². The van der Waals surface area contributed by atoms with E-state index in [1.165, 1.54) is 12.1 Å². The van der Waals surface area contributed by atoms with Crippen molar-refractivity contribution in [3.8, 4) is 0 Å². The summed E-state index contributed by atoms with van der Waals surface area (Å²) in [6, 6.07) is 6.16. The molecule has 100 valence electrons. The zero-order valence-corrected chi connectivity index (χ0v) is 11.2. The number of nitrogens with zero attached hydrogens (tertiary/aromatic N) is 1. The van der Waals surface area contributed by atoms with Crippen LogP contribution < -0.4 is 5.73 Å². The van der Waals surface area contributed by atoms with E-state index in [0.717, 1.165) is 5.56 Å². The van der Waals surface area contributed by atoms with Crippen LogP contribution in [0.2, 0.25) is 5.02 Å². The van der Waals surface area contributed by atoms with Gasteiger partial charge >= 0.3 is 0 Å². The molecule has 1 atom stereocenters. The second kappa shape index (κ2) is 5.55. The summed E-state index contributed by atoms with van der Waals surface area (Å²) in [5.41, 5.74) is 7.36. The monoisotopic (exact) mass is 280 g/mol. The van der Waals surface area contributed by atoms with Crippen molar-refractivity contribution in [2.45, 2.75) is 19.4 Å². The highest BCUT2D eigenvalue weighted by Gasteiger charge is 2.17. The number of aliphatic hydroxyl groups excluding tert-OH is 1. The molecule has 0 saturated heterocycles. The van der Waals surface area contributed by atoms with Gasteiger partial charge in [0.1, 0.15) is 11.6 Å². The Balaban J connectivity index is 2.31. The lowest BCUT2D eigenvalue weighted by molar-refractivity contribution is 0.177. The molecule has 0 saturated carbocycles. The van der Waals surface area contributed by atoms with Gasteiger partial charge in [-0.25, -0.2) is 9.37 Å². The lowest BCUT2D eigenvalue weighted by Crippen LogP contribution is -2.08. The minimum atomic E-state index is -0.943. The molecule has 1 aromatic heterocycles. The molecule has 0 bridgehead atoms. The third kappa shape index (κ3) is 3.03. The molecule has 0 aliphatic carbocycles. The number of rotatable bonds is 3. The largest absolute Gasteiger partial charge is 0.388 e. The van der Waals surface area contributed by atoms with Crippen LogP contribution >= 0.6 is 11.6 Å². The Labute approximate surface area is 115 Å². The maximum absolute atomic E-state index is 13.7. The highest BCUT2D eigenvalue weighted by Crippen LogP contribution is 2.28. The first-order valence-electron chi connectivity index (χ1n) is 5.82. The van der Waals surface area contributed by atoms with E-state index in [1.54, 1.807) is 18.3 Å². The molecule has 5 heteroatoms. The van der Waals surface area contributed by atoms with Gasteiger partial charge in [-0.3, -0.25) is 0 Å². The summed E-state index contributed by atoms with van der Waals surface area (Å²) in [6.45, 7) is 1.85. The summed E-state index contributed by atoms with van der Waals surface area (Å²) < 4.78 is 13.7. The average Bonchev–Trinajstić information content (AvgIpc) is 2.37. The highest BCUT2D eigenvalue weighted by atomic mass is 35.5. The number of pyridine rings is 1. The number of nitrogen functional groups attached to an aromatic ring is 1. The van der Waals surface area contributed by atoms with Crippen LogP contribution in [0.1, 0.15) is 22.8 Å². The summed E-state index contributed by atoms with van der Waals surface area (Å²) in [7, 11) is 0. The Morgan fingerprint density at radius 2 is 2.21 bits per heavy atom. The van der Waals surface area contributed by atoms with Gasteiger partial charge in [-0.05, 0) is 30.7 Å². The fraction of sp³-hybridized carbons (Fsp3) is 0.214. The van der Waals surface area contributed by atoms with E-state index in [9.17, 15) is 9.50 Å². The number of nitrogens with two attached hydrogens (primary N) is 1. The van der Waals surface area contributed by atoms with Gasteiger partial charge in [0.25, 0.3) is 0 Å². The second-order valence-corrected chi connectivity index (χ2v) is 4.81. The number of aryl methyl sites for hydroxylation is 1. The van der Waals surface area contributed by atoms with Crippen LogP contribution in [-0.2, 0) is 6.42 Å². The normalized spacial score (nSPS) is 12.4. The van der Waals surface area contributed by atoms with Crippen LogP contribution in [0.4, 0.5) is 10.2 Å². The summed E-state index contributed by atoms with van der Waals surface area (Å²) in [5.74, 6) is -0.198. The molecule has 0 aliphatic rings. The minimum absolute atomic E-state index is 0.0564. The predicted octanol–water partition coefficient (Wildman–Crippen LogP) is 3.04. The molecule has 1 heterocycles. The predicted molar refractivity (Wildman–Crippen MR) is 73.5 cm³/mol. The SMILES string of the molecule is Cc1cnc(N)c(C(O)Cc2c(F)cccc2Cl)c1. The van der Waals surface area contributed by atoms with Gasteiger partial charge in [-0.1, -0.05) is 17.7 Å². The summed E-state index contributed by atoms with van der Waals surface area (Å²) in [6.07, 6.45) is 0.726. The number of hydrogen-bond donors (Lipinski definition) is 2. The van der Waals surface area contributed by atoms with Crippen LogP contribution in [0.25, 0.3) is 0 Å². The minimum Gasteiger partial charge on any atom is -0.388 e. The van der Waals surface area contributed by atoms with Gasteiger partial charge in [-0.2, -0.15) is 0 Å². The van der Waals surface area contributed by atoms with Crippen LogP contribution in [0.3, 0.4) is 0 Å².